The molecule has 1 unspecified atom stereocenters. The second-order valence-corrected chi connectivity index (χ2v) is 5.39. The van der Waals surface area contributed by atoms with Gasteiger partial charge in [0.1, 0.15) is 12.2 Å². The van der Waals surface area contributed by atoms with E-state index in [1.54, 1.807) is 0 Å². The van der Waals surface area contributed by atoms with Gasteiger partial charge in [0, 0.05) is 32.5 Å². The molecule has 2 N–H and O–H groups in total. The predicted octanol–water partition coefficient (Wildman–Crippen LogP) is 1.53. The second-order valence-electron chi connectivity index (χ2n) is 4.51. The molecule has 1 fully saturated rings. The van der Waals surface area contributed by atoms with Crippen LogP contribution in [0.3, 0.4) is 0 Å². The first kappa shape index (κ1) is 14.4. The number of hydrogen-bond donors (Lipinski definition) is 3. The zero-order chi connectivity index (χ0) is 14.0. The van der Waals surface area contributed by atoms with Crippen molar-refractivity contribution in [2.45, 2.75) is 5.50 Å². The zero-order valence-corrected chi connectivity index (χ0v) is 12.9. The highest BCUT2D eigenvalue weighted by molar-refractivity contribution is 7.81. The van der Waals surface area contributed by atoms with E-state index in [1.165, 1.54) is 0 Å². The van der Waals surface area contributed by atoms with Crippen molar-refractivity contribution in [3.8, 4) is 0 Å². The molecule has 0 bridgehead atoms. The molecule has 0 aliphatic carbocycles. The summed E-state index contributed by atoms with van der Waals surface area (Å²) in [5.74, 6) is 0. The van der Waals surface area contributed by atoms with Gasteiger partial charge in [0.15, 0.2) is 5.11 Å². The molecule has 2 rings (SSSR count). The Balaban J connectivity index is 2.13. The minimum Gasteiger partial charge on any atom is -0.355 e. The van der Waals surface area contributed by atoms with Gasteiger partial charge in [-0.3, -0.25) is 0 Å². The van der Waals surface area contributed by atoms with E-state index in [9.17, 15) is 0 Å². The Kier molecular flexibility index (Phi) is 4.51. The van der Waals surface area contributed by atoms with Crippen LogP contribution in [0.25, 0.3) is 0 Å². The number of hydrogen-bond acceptors (Lipinski definition) is 5. The van der Waals surface area contributed by atoms with Gasteiger partial charge in [-0.15, -0.1) is 12.6 Å². The lowest BCUT2D eigenvalue weighted by molar-refractivity contribution is 0.351. The number of thiocarbonyl (C=S) groups is 1. The molecule has 7 heteroatoms. The van der Waals surface area contributed by atoms with Crippen LogP contribution in [0.2, 0.25) is 0 Å². The van der Waals surface area contributed by atoms with Crippen molar-refractivity contribution < 1.29 is 0 Å². The van der Waals surface area contributed by atoms with Gasteiger partial charge < -0.3 is 15.1 Å². The number of nitrogens with zero attached hydrogens (tertiary/aromatic N) is 3. The van der Waals surface area contributed by atoms with Crippen molar-refractivity contribution in [3.05, 3.63) is 30.9 Å². The summed E-state index contributed by atoms with van der Waals surface area (Å²) in [6.45, 7) is 1.96. The molecule has 1 atom stereocenters. The second kappa shape index (κ2) is 5.96. The molecular weight excluding hydrogens is 278 g/mol. The highest BCUT2D eigenvalue weighted by Crippen LogP contribution is 2.26. The van der Waals surface area contributed by atoms with Crippen molar-refractivity contribution >= 4 is 41.3 Å². The van der Waals surface area contributed by atoms with Crippen LogP contribution >= 0.6 is 24.8 Å². The molecule has 0 aromatic heterocycles. The maximum atomic E-state index is 5.24. The van der Waals surface area contributed by atoms with E-state index in [0.29, 0.717) is 5.11 Å². The largest absolute Gasteiger partial charge is 0.355 e. The van der Waals surface area contributed by atoms with Crippen molar-refractivity contribution in [3.63, 3.8) is 0 Å². The van der Waals surface area contributed by atoms with Crippen LogP contribution in [-0.2, 0) is 0 Å². The van der Waals surface area contributed by atoms with Crippen molar-refractivity contribution in [1.82, 2.24) is 15.3 Å². The van der Waals surface area contributed by atoms with E-state index in [4.69, 9.17) is 12.2 Å². The Hall–Kier alpha value is -1.02. The lowest BCUT2D eigenvalue weighted by Gasteiger charge is -2.22. The lowest BCUT2D eigenvalue weighted by atomic mass is 10.2. The highest BCUT2D eigenvalue weighted by atomic mass is 32.1. The number of anilines is 2. The summed E-state index contributed by atoms with van der Waals surface area (Å²) >= 11 is 9.72. The summed E-state index contributed by atoms with van der Waals surface area (Å²) in [4.78, 5) is 3.90. The van der Waals surface area contributed by atoms with Crippen LogP contribution in [0.15, 0.2) is 24.3 Å². The number of benzene rings is 1. The molecule has 1 aliphatic rings. The SMILES string of the molecule is CN1[CH]N(c2cccc(NC(=S)N(C)C)c2)C(S)N1. The molecular formula is C12H18N5S2. The van der Waals surface area contributed by atoms with Gasteiger partial charge in [0.2, 0.25) is 0 Å². The lowest BCUT2D eigenvalue weighted by Crippen LogP contribution is -2.31. The van der Waals surface area contributed by atoms with Crippen molar-refractivity contribution in [2.24, 2.45) is 0 Å². The fraction of sp³-hybridized carbons (Fsp3) is 0.333. The van der Waals surface area contributed by atoms with Crippen molar-refractivity contribution in [1.29, 1.82) is 0 Å². The fourth-order valence-corrected chi connectivity index (χ4v) is 2.21. The first-order chi connectivity index (χ1) is 8.97. The summed E-state index contributed by atoms with van der Waals surface area (Å²) in [6, 6.07) is 8.05. The summed E-state index contributed by atoms with van der Waals surface area (Å²) in [5.41, 5.74) is 5.09. The number of thiol groups is 1. The van der Waals surface area contributed by atoms with Crippen LogP contribution in [0.4, 0.5) is 11.4 Å². The van der Waals surface area contributed by atoms with E-state index in [1.807, 2.05) is 66.9 Å². The Morgan fingerprint density at radius 3 is 2.79 bits per heavy atom. The van der Waals surface area contributed by atoms with E-state index in [0.717, 1.165) is 11.4 Å². The van der Waals surface area contributed by atoms with Gasteiger partial charge in [0.25, 0.3) is 0 Å². The third-order valence-corrected chi connectivity index (χ3v) is 3.51. The molecule has 1 aromatic rings. The number of nitrogens with one attached hydrogen (secondary N) is 2. The van der Waals surface area contributed by atoms with Crippen LogP contribution in [0.5, 0.6) is 0 Å². The summed E-state index contributed by atoms with van der Waals surface area (Å²) < 4.78 is 0. The molecule has 1 aromatic carbocycles. The molecule has 0 spiro atoms. The van der Waals surface area contributed by atoms with Crippen LogP contribution in [0.1, 0.15) is 0 Å². The number of rotatable bonds is 2. The molecule has 103 valence electrons. The summed E-state index contributed by atoms with van der Waals surface area (Å²) in [7, 11) is 5.76. The molecule has 0 amide bonds. The molecule has 0 saturated carbocycles. The first-order valence-electron chi connectivity index (χ1n) is 5.86. The average Bonchev–Trinajstić information content (AvgIpc) is 2.68. The molecule has 1 aliphatic heterocycles. The van der Waals surface area contributed by atoms with E-state index in [-0.39, 0.29) is 5.50 Å². The topological polar surface area (TPSA) is 33.8 Å². The van der Waals surface area contributed by atoms with Gasteiger partial charge in [-0.05, 0) is 30.4 Å². The van der Waals surface area contributed by atoms with E-state index >= 15 is 0 Å². The third kappa shape index (κ3) is 3.50. The predicted molar refractivity (Wildman–Crippen MR) is 86.8 cm³/mol. The van der Waals surface area contributed by atoms with Gasteiger partial charge >= 0.3 is 0 Å². The third-order valence-electron chi connectivity index (χ3n) is 2.68. The van der Waals surface area contributed by atoms with Gasteiger partial charge in [-0.25, -0.2) is 10.4 Å². The Morgan fingerprint density at radius 2 is 2.21 bits per heavy atom. The fourth-order valence-electron chi connectivity index (χ4n) is 1.71. The minimum absolute atomic E-state index is 0.0685. The van der Waals surface area contributed by atoms with Crippen LogP contribution < -0.4 is 15.6 Å². The Morgan fingerprint density at radius 1 is 1.47 bits per heavy atom. The van der Waals surface area contributed by atoms with Crippen LogP contribution in [0, 0.1) is 6.67 Å². The van der Waals surface area contributed by atoms with Gasteiger partial charge in [-0.2, -0.15) is 0 Å². The smallest absolute Gasteiger partial charge is 0.172 e. The van der Waals surface area contributed by atoms with Crippen molar-refractivity contribution in [2.75, 3.05) is 31.4 Å². The maximum absolute atomic E-state index is 5.24. The summed E-state index contributed by atoms with van der Waals surface area (Å²) in [6.07, 6.45) is 0. The number of hydrazine groups is 1. The van der Waals surface area contributed by atoms with E-state index in [2.05, 4.69) is 23.4 Å². The first-order valence-corrected chi connectivity index (χ1v) is 6.78. The molecule has 1 saturated heterocycles. The van der Waals surface area contributed by atoms with Gasteiger partial charge in [0.05, 0.1) is 0 Å². The normalized spacial score (nSPS) is 19.6. The Labute approximate surface area is 124 Å². The Bertz CT molecular complexity index is 465. The molecule has 5 nitrogen and oxygen atoms in total. The minimum atomic E-state index is -0.0685. The standard InChI is InChI=1S/C12H18N5S2/c1-15(2)11(18)13-9-5-4-6-10(7-9)17-8-16(3)14-12(17)19/h4-8,12,14,19H,1-3H3,(H,13,18). The van der Waals surface area contributed by atoms with E-state index < -0.39 is 0 Å². The van der Waals surface area contributed by atoms with Crippen LogP contribution in [-0.4, -0.2) is 41.7 Å². The van der Waals surface area contributed by atoms with Gasteiger partial charge in [-0.1, -0.05) is 6.07 Å². The molecule has 1 heterocycles. The molecule has 1 radical (unpaired) electrons. The zero-order valence-electron chi connectivity index (χ0n) is 11.2. The molecule has 19 heavy (non-hydrogen) atoms. The summed E-state index contributed by atoms with van der Waals surface area (Å²) in [5, 5.41) is 5.75. The average molecular weight is 296 g/mol. The highest BCUT2D eigenvalue weighted by Gasteiger charge is 2.25. The quantitative estimate of drug-likeness (QED) is 0.567. The maximum Gasteiger partial charge on any atom is 0.172 e. The monoisotopic (exact) mass is 296 g/mol.